The molecule has 0 saturated carbocycles. The van der Waals surface area contributed by atoms with Crippen LogP contribution in [0.15, 0.2) is 59.8 Å². The number of sulfonamides is 1. The number of ether oxygens (including phenoxy) is 1. The molecule has 1 aromatic heterocycles. The summed E-state index contributed by atoms with van der Waals surface area (Å²) in [6, 6.07) is 7.26. The number of nitrogens with one attached hydrogen (secondary N) is 2. The Morgan fingerprint density at radius 1 is 1.05 bits per heavy atom. The number of rotatable bonds is 10. The van der Waals surface area contributed by atoms with E-state index in [0.717, 1.165) is 4.31 Å². The van der Waals surface area contributed by atoms with Crippen molar-refractivity contribution in [3.8, 4) is 0 Å². The third-order valence-corrected chi connectivity index (χ3v) is 9.53. The number of hydrogen-bond donors (Lipinski definition) is 3. The zero-order chi connectivity index (χ0) is 31.5. The topological polar surface area (TPSA) is 155 Å². The fourth-order valence-corrected chi connectivity index (χ4v) is 7.50. The smallest absolute Gasteiger partial charge is 0.326 e. The molecule has 0 aliphatic carbocycles. The first kappa shape index (κ1) is 32.9. The van der Waals surface area contributed by atoms with Crippen LogP contribution in [0.3, 0.4) is 0 Å². The largest absolute Gasteiger partial charge is 0.480 e. The van der Waals surface area contributed by atoms with Gasteiger partial charge in [0.25, 0.3) is 5.91 Å². The summed E-state index contributed by atoms with van der Waals surface area (Å²) in [5, 5.41) is 15.3. The minimum atomic E-state index is -4.25. The number of methoxy groups -OCH3 is 1. The van der Waals surface area contributed by atoms with Crippen LogP contribution in [0.4, 0.5) is 5.69 Å². The maximum absolute atomic E-state index is 13.5. The first-order chi connectivity index (χ1) is 20.3. The molecule has 228 valence electrons. The van der Waals surface area contributed by atoms with Gasteiger partial charge in [0.1, 0.15) is 12.1 Å². The number of halogens is 4. The molecule has 1 aliphatic rings. The highest BCUT2D eigenvalue weighted by molar-refractivity contribution is 7.89. The minimum Gasteiger partial charge on any atom is -0.480 e. The van der Waals surface area contributed by atoms with E-state index in [9.17, 15) is 27.9 Å². The Morgan fingerprint density at radius 3 is 2.21 bits per heavy atom. The van der Waals surface area contributed by atoms with Crippen LogP contribution in [-0.2, 0) is 30.8 Å². The molecular formula is C27H24Cl4N4O7S. The maximum Gasteiger partial charge on any atom is 0.326 e. The van der Waals surface area contributed by atoms with Crippen molar-refractivity contribution in [2.75, 3.05) is 19.0 Å². The second-order valence-corrected chi connectivity index (χ2v) is 13.0. The Labute approximate surface area is 267 Å². The Bertz CT molecular complexity index is 1620. The summed E-state index contributed by atoms with van der Waals surface area (Å²) in [4.78, 5) is 41.8. The van der Waals surface area contributed by atoms with Gasteiger partial charge in [-0.15, -0.1) is 0 Å². The van der Waals surface area contributed by atoms with E-state index < -0.39 is 46.0 Å². The van der Waals surface area contributed by atoms with Gasteiger partial charge in [0.05, 0.1) is 26.6 Å². The third-order valence-electron chi connectivity index (χ3n) is 6.66. The lowest BCUT2D eigenvalue weighted by molar-refractivity contribution is -0.142. The van der Waals surface area contributed by atoms with Crippen LogP contribution in [0.25, 0.3) is 0 Å². The zero-order valence-electron chi connectivity index (χ0n) is 22.3. The van der Waals surface area contributed by atoms with Crippen LogP contribution in [0.2, 0.25) is 20.1 Å². The van der Waals surface area contributed by atoms with Crippen LogP contribution >= 0.6 is 46.4 Å². The van der Waals surface area contributed by atoms with E-state index in [4.69, 9.17) is 51.1 Å². The zero-order valence-corrected chi connectivity index (χ0v) is 26.1. The van der Waals surface area contributed by atoms with E-state index in [1.165, 1.54) is 37.7 Å². The lowest BCUT2D eigenvalue weighted by Crippen LogP contribution is -2.54. The van der Waals surface area contributed by atoms with Gasteiger partial charge in [0.2, 0.25) is 15.9 Å². The van der Waals surface area contributed by atoms with E-state index >= 15 is 0 Å². The van der Waals surface area contributed by atoms with E-state index in [1.807, 2.05) is 0 Å². The molecule has 1 fully saturated rings. The van der Waals surface area contributed by atoms with Crippen LogP contribution in [0.5, 0.6) is 0 Å². The maximum atomic E-state index is 13.5. The SMILES string of the molecule is CO[C@@H]1CCN(S(=O)(=O)c2cc(Cl)cc(Cl)c2)C1C(=O)N[C@@H](Cc1ccc(NC(=O)c2c(Cl)cncc2Cl)cc1)C(=O)O. The first-order valence-electron chi connectivity index (χ1n) is 12.5. The number of aromatic nitrogens is 1. The van der Waals surface area contributed by atoms with Gasteiger partial charge >= 0.3 is 5.97 Å². The van der Waals surface area contributed by atoms with Gasteiger partial charge in [-0.25, -0.2) is 13.2 Å². The van der Waals surface area contributed by atoms with Gasteiger partial charge in [-0.05, 0) is 42.3 Å². The van der Waals surface area contributed by atoms with Crippen molar-refractivity contribution in [2.45, 2.75) is 35.9 Å². The Morgan fingerprint density at radius 2 is 1.65 bits per heavy atom. The summed E-state index contributed by atoms with van der Waals surface area (Å²) in [7, 11) is -2.92. The molecule has 0 radical (unpaired) electrons. The molecule has 3 N–H and O–H groups in total. The highest BCUT2D eigenvalue weighted by atomic mass is 35.5. The Kier molecular flexibility index (Phi) is 10.5. The molecule has 3 aromatic rings. The fraction of sp³-hybridized carbons (Fsp3) is 0.259. The van der Waals surface area contributed by atoms with Crippen LogP contribution in [0, 0.1) is 0 Å². The predicted octanol–water partition coefficient (Wildman–Crippen LogP) is 4.54. The van der Waals surface area contributed by atoms with Gasteiger partial charge < -0.3 is 20.5 Å². The number of carbonyl (C=O) groups is 3. The highest BCUT2D eigenvalue weighted by Gasteiger charge is 2.47. The van der Waals surface area contributed by atoms with E-state index in [2.05, 4.69) is 15.6 Å². The number of carbonyl (C=O) groups excluding carboxylic acids is 2. The molecule has 1 unspecified atom stereocenters. The molecule has 2 heterocycles. The average molecular weight is 690 g/mol. The number of benzene rings is 2. The van der Waals surface area contributed by atoms with Crippen molar-refractivity contribution in [1.29, 1.82) is 0 Å². The second-order valence-electron chi connectivity index (χ2n) is 9.46. The molecule has 2 aromatic carbocycles. The van der Waals surface area contributed by atoms with Gasteiger partial charge in [-0.3, -0.25) is 14.6 Å². The summed E-state index contributed by atoms with van der Waals surface area (Å²) in [6.07, 6.45) is 1.80. The van der Waals surface area contributed by atoms with Gasteiger partial charge in [0.15, 0.2) is 0 Å². The number of hydrogen-bond acceptors (Lipinski definition) is 7. The Hall–Kier alpha value is -2.97. The highest BCUT2D eigenvalue weighted by Crippen LogP contribution is 2.31. The van der Waals surface area contributed by atoms with E-state index in [0.29, 0.717) is 11.3 Å². The number of nitrogens with zero attached hydrogens (tertiary/aromatic N) is 2. The van der Waals surface area contributed by atoms with Crippen molar-refractivity contribution in [1.82, 2.24) is 14.6 Å². The molecule has 43 heavy (non-hydrogen) atoms. The standard InChI is InChI=1S/C27H24Cl4N4O7S/c1-42-22-6-7-35(43(40,41)18-10-15(28)9-16(29)11-18)24(22)26(37)34-21(27(38)39)8-14-2-4-17(5-3-14)33-25(36)23-19(30)12-32-13-20(23)31/h2-5,9-13,21-22,24H,6-8H2,1H3,(H,33,36)(H,34,37)(H,38,39)/t21-,22+,24?/m0/s1. The number of pyridine rings is 1. The second kappa shape index (κ2) is 13.8. The lowest BCUT2D eigenvalue weighted by Gasteiger charge is -2.27. The van der Waals surface area contributed by atoms with Crippen molar-refractivity contribution in [2.24, 2.45) is 0 Å². The number of aliphatic carboxylic acids is 1. The van der Waals surface area contributed by atoms with Gasteiger partial charge in [-0.1, -0.05) is 58.5 Å². The lowest BCUT2D eigenvalue weighted by atomic mass is 10.0. The molecule has 1 aliphatic heterocycles. The predicted molar refractivity (Wildman–Crippen MR) is 161 cm³/mol. The molecule has 0 bridgehead atoms. The van der Waals surface area contributed by atoms with Crippen molar-refractivity contribution in [3.05, 3.63) is 86.1 Å². The van der Waals surface area contributed by atoms with Gasteiger partial charge in [0, 0.05) is 48.2 Å². The average Bonchev–Trinajstić information content (AvgIpc) is 3.38. The van der Waals surface area contributed by atoms with Crippen molar-refractivity contribution >= 4 is 79.9 Å². The monoisotopic (exact) mass is 688 g/mol. The normalized spacial score (nSPS) is 17.8. The molecule has 1 saturated heterocycles. The van der Waals surface area contributed by atoms with Crippen LogP contribution in [0.1, 0.15) is 22.3 Å². The number of anilines is 1. The number of carboxylic acid groups (broad SMARTS) is 1. The molecule has 2 amide bonds. The third kappa shape index (κ3) is 7.58. The molecule has 16 heteroatoms. The summed E-state index contributed by atoms with van der Waals surface area (Å²) >= 11 is 24.1. The molecule has 3 atom stereocenters. The van der Waals surface area contributed by atoms with Crippen LogP contribution < -0.4 is 10.6 Å². The van der Waals surface area contributed by atoms with Crippen molar-refractivity contribution in [3.63, 3.8) is 0 Å². The number of amides is 2. The summed E-state index contributed by atoms with van der Waals surface area (Å²) in [5.41, 5.74) is 0.940. The minimum absolute atomic E-state index is 0.0480. The summed E-state index contributed by atoms with van der Waals surface area (Å²) < 4.78 is 33.3. The summed E-state index contributed by atoms with van der Waals surface area (Å²) in [6.45, 7) is -0.0517. The van der Waals surface area contributed by atoms with Crippen molar-refractivity contribution < 1.29 is 32.6 Å². The number of carboxylic acids is 1. The molecule has 4 rings (SSSR count). The van der Waals surface area contributed by atoms with Crippen LogP contribution in [-0.4, -0.2) is 72.4 Å². The summed E-state index contributed by atoms with van der Waals surface area (Å²) in [5.74, 6) is -2.75. The quantitative estimate of drug-likeness (QED) is 0.280. The molecule has 0 spiro atoms. The van der Waals surface area contributed by atoms with E-state index in [1.54, 1.807) is 24.3 Å². The molecule has 11 nitrogen and oxygen atoms in total. The fourth-order valence-electron chi connectivity index (χ4n) is 4.60. The Balaban J connectivity index is 1.49. The van der Waals surface area contributed by atoms with E-state index in [-0.39, 0.29) is 49.9 Å². The van der Waals surface area contributed by atoms with Gasteiger partial charge in [-0.2, -0.15) is 4.31 Å². The molecular weight excluding hydrogens is 666 g/mol. The first-order valence-corrected chi connectivity index (χ1v) is 15.5.